The third-order valence-corrected chi connectivity index (χ3v) is 7.16. The summed E-state index contributed by atoms with van der Waals surface area (Å²) in [6, 6.07) is 20.8. The number of hydrogen-bond acceptors (Lipinski definition) is 3. The van der Waals surface area contributed by atoms with Gasteiger partial charge in [-0.05, 0) is 72.3 Å². The summed E-state index contributed by atoms with van der Waals surface area (Å²) < 4.78 is 0. The van der Waals surface area contributed by atoms with Crippen LogP contribution in [-0.4, -0.2) is 41.4 Å². The van der Waals surface area contributed by atoms with Gasteiger partial charge in [0.05, 0.1) is 0 Å². The van der Waals surface area contributed by atoms with E-state index in [0.717, 1.165) is 31.7 Å². The van der Waals surface area contributed by atoms with Gasteiger partial charge in [0.15, 0.2) is 0 Å². The van der Waals surface area contributed by atoms with Crippen molar-refractivity contribution >= 4 is 17.2 Å². The molecule has 0 bridgehead atoms. The lowest BCUT2D eigenvalue weighted by molar-refractivity contribution is 0.0668. The van der Waals surface area contributed by atoms with E-state index in [2.05, 4.69) is 71.7 Å². The lowest BCUT2D eigenvalue weighted by Gasteiger charge is -2.32. The number of thiophene rings is 1. The van der Waals surface area contributed by atoms with E-state index < -0.39 is 0 Å². The van der Waals surface area contributed by atoms with Crippen LogP contribution in [0.25, 0.3) is 0 Å². The Morgan fingerprint density at radius 1 is 1.06 bits per heavy atom. The first kappa shape index (κ1) is 21.8. The third kappa shape index (κ3) is 5.08. The second kappa shape index (κ2) is 9.80. The highest BCUT2D eigenvalue weighted by Gasteiger charge is 2.37. The van der Waals surface area contributed by atoms with Gasteiger partial charge in [0.2, 0.25) is 0 Å². The number of nitrogens with zero attached hydrogens (tertiary/aromatic N) is 2. The molecular formula is C27H32N2OS. The van der Waals surface area contributed by atoms with Crippen molar-refractivity contribution in [1.82, 2.24) is 9.80 Å². The van der Waals surface area contributed by atoms with Crippen LogP contribution >= 0.6 is 11.3 Å². The molecule has 1 aromatic heterocycles. The molecule has 2 atom stereocenters. The van der Waals surface area contributed by atoms with Crippen LogP contribution < -0.4 is 0 Å². The molecule has 1 aliphatic heterocycles. The van der Waals surface area contributed by atoms with Crippen molar-refractivity contribution in [1.29, 1.82) is 0 Å². The Morgan fingerprint density at radius 3 is 2.48 bits per heavy atom. The van der Waals surface area contributed by atoms with Crippen LogP contribution in [-0.2, 0) is 6.54 Å². The zero-order valence-corrected chi connectivity index (χ0v) is 19.5. The summed E-state index contributed by atoms with van der Waals surface area (Å²) in [5.41, 5.74) is 4.93. The molecular weight excluding hydrogens is 400 g/mol. The molecule has 2 heterocycles. The summed E-state index contributed by atoms with van der Waals surface area (Å²) in [7, 11) is 0. The molecule has 0 unspecified atom stereocenters. The maximum atomic E-state index is 13.3. The van der Waals surface area contributed by atoms with E-state index in [1.807, 2.05) is 30.3 Å². The molecule has 1 fully saturated rings. The van der Waals surface area contributed by atoms with Crippen LogP contribution in [0.1, 0.15) is 46.8 Å². The predicted octanol–water partition coefficient (Wildman–Crippen LogP) is 5.82. The molecule has 4 rings (SSSR count). The summed E-state index contributed by atoms with van der Waals surface area (Å²) in [6.07, 6.45) is 0. The fourth-order valence-electron chi connectivity index (χ4n) is 4.80. The van der Waals surface area contributed by atoms with Crippen LogP contribution in [0.2, 0.25) is 0 Å². The van der Waals surface area contributed by atoms with Crippen molar-refractivity contribution in [3.05, 3.63) is 93.7 Å². The Labute approximate surface area is 190 Å². The average Bonchev–Trinajstić information content (AvgIpc) is 3.42. The summed E-state index contributed by atoms with van der Waals surface area (Å²) >= 11 is 1.76. The van der Waals surface area contributed by atoms with Crippen LogP contribution in [0.3, 0.4) is 0 Å². The van der Waals surface area contributed by atoms with E-state index in [1.165, 1.54) is 16.7 Å². The van der Waals surface area contributed by atoms with E-state index in [4.69, 9.17) is 0 Å². The summed E-state index contributed by atoms with van der Waals surface area (Å²) in [6.45, 7) is 10.3. The van der Waals surface area contributed by atoms with Crippen LogP contribution in [0, 0.1) is 12.8 Å². The largest absolute Gasteiger partial charge is 0.336 e. The Hall–Kier alpha value is -2.43. The van der Waals surface area contributed by atoms with Crippen LogP contribution in [0.4, 0.5) is 0 Å². The molecule has 31 heavy (non-hydrogen) atoms. The lowest BCUT2D eigenvalue weighted by Crippen LogP contribution is -2.42. The molecule has 3 nitrogen and oxygen atoms in total. The monoisotopic (exact) mass is 432 g/mol. The van der Waals surface area contributed by atoms with Gasteiger partial charge in [-0.2, -0.15) is 11.3 Å². The van der Waals surface area contributed by atoms with Crippen LogP contribution in [0.5, 0.6) is 0 Å². The minimum absolute atomic E-state index is 0.135. The van der Waals surface area contributed by atoms with Gasteiger partial charge in [0.25, 0.3) is 5.91 Å². The molecule has 2 aromatic carbocycles. The minimum atomic E-state index is 0.135. The van der Waals surface area contributed by atoms with Crippen molar-refractivity contribution in [2.24, 2.45) is 5.92 Å². The van der Waals surface area contributed by atoms with E-state index >= 15 is 0 Å². The topological polar surface area (TPSA) is 23.6 Å². The highest BCUT2D eigenvalue weighted by atomic mass is 32.1. The summed E-state index contributed by atoms with van der Waals surface area (Å²) in [5, 5.41) is 4.40. The maximum Gasteiger partial charge on any atom is 0.254 e. The molecule has 0 saturated carbocycles. The molecule has 3 aromatic rings. The number of likely N-dealkylation sites (tertiary alicyclic amines) is 1. The molecule has 1 amide bonds. The molecule has 0 aliphatic carbocycles. The normalized spacial score (nSPS) is 19.1. The molecule has 1 saturated heterocycles. The number of hydrogen-bond donors (Lipinski definition) is 0. The van der Waals surface area contributed by atoms with Gasteiger partial charge in [-0.15, -0.1) is 0 Å². The zero-order valence-electron chi connectivity index (χ0n) is 18.7. The quantitative estimate of drug-likeness (QED) is 0.469. The highest BCUT2D eigenvalue weighted by molar-refractivity contribution is 7.07. The van der Waals surface area contributed by atoms with E-state index in [1.54, 1.807) is 11.3 Å². The third-order valence-electron chi connectivity index (χ3n) is 6.43. The summed E-state index contributed by atoms with van der Waals surface area (Å²) in [5.74, 6) is 0.981. The molecule has 0 radical (unpaired) electrons. The molecule has 1 aliphatic rings. The number of carbonyl (C=O) groups is 1. The zero-order chi connectivity index (χ0) is 21.8. The van der Waals surface area contributed by atoms with E-state index in [0.29, 0.717) is 11.8 Å². The molecule has 0 N–H and O–H groups in total. The smallest absolute Gasteiger partial charge is 0.254 e. The second-order valence-electron chi connectivity index (χ2n) is 8.97. The fourth-order valence-corrected chi connectivity index (χ4v) is 5.46. The minimum Gasteiger partial charge on any atom is -0.336 e. The Balaban J connectivity index is 1.59. The second-order valence-corrected chi connectivity index (χ2v) is 9.75. The van der Waals surface area contributed by atoms with Crippen molar-refractivity contribution < 1.29 is 4.79 Å². The molecule has 4 heteroatoms. The van der Waals surface area contributed by atoms with Gasteiger partial charge < -0.3 is 4.90 Å². The van der Waals surface area contributed by atoms with Crippen molar-refractivity contribution in [3.8, 4) is 0 Å². The first-order valence-corrected chi connectivity index (χ1v) is 12.1. The number of rotatable bonds is 7. The first-order chi connectivity index (χ1) is 15.0. The Kier molecular flexibility index (Phi) is 6.89. The number of benzene rings is 2. The van der Waals surface area contributed by atoms with Crippen molar-refractivity contribution in [2.45, 2.75) is 39.3 Å². The lowest BCUT2D eigenvalue weighted by atomic mass is 9.86. The number of amides is 1. The van der Waals surface area contributed by atoms with Gasteiger partial charge in [0.1, 0.15) is 0 Å². The SMILES string of the molecule is Cc1ccccc1[C@H]1CN(Cc2ccsc2)C[C@H]1CN(C(=O)c1ccccc1)C(C)C. The standard InChI is InChI=1S/C27H32N2OS/c1-20(2)29(27(30)23-10-5-4-6-11-23)17-24-16-28(15-22-13-14-31-19-22)18-26(24)25-12-8-7-9-21(25)3/h4-14,19-20,24,26H,15-18H2,1-3H3/t24-,26-/m0/s1. The van der Waals surface area contributed by atoms with Crippen molar-refractivity contribution in [2.75, 3.05) is 19.6 Å². The highest BCUT2D eigenvalue weighted by Crippen LogP contribution is 2.36. The number of aryl methyl sites for hydroxylation is 1. The first-order valence-electron chi connectivity index (χ1n) is 11.2. The van der Waals surface area contributed by atoms with Gasteiger partial charge in [-0.25, -0.2) is 0 Å². The van der Waals surface area contributed by atoms with Crippen LogP contribution in [0.15, 0.2) is 71.4 Å². The fraction of sp³-hybridized carbons (Fsp3) is 0.370. The van der Waals surface area contributed by atoms with E-state index in [-0.39, 0.29) is 11.9 Å². The van der Waals surface area contributed by atoms with Gasteiger partial charge in [0, 0.05) is 43.7 Å². The molecule has 162 valence electrons. The van der Waals surface area contributed by atoms with E-state index in [9.17, 15) is 4.79 Å². The molecule has 0 spiro atoms. The van der Waals surface area contributed by atoms with Gasteiger partial charge in [-0.3, -0.25) is 9.69 Å². The average molecular weight is 433 g/mol. The maximum absolute atomic E-state index is 13.3. The van der Waals surface area contributed by atoms with Gasteiger partial charge >= 0.3 is 0 Å². The number of carbonyl (C=O) groups excluding carboxylic acids is 1. The summed E-state index contributed by atoms with van der Waals surface area (Å²) in [4.78, 5) is 18.0. The predicted molar refractivity (Wildman–Crippen MR) is 130 cm³/mol. The Bertz CT molecular complexity index is 983. The van der Waals surface area contributed by atoms with Gasteiger partial charge in [-0.1, -0.05) is 42.5 Å². The van der Waals surface area contributed by atoms with Crippen molar-refractivity contribution in [3.63, 3.8) is 0 Å². The Morgan fingerprint density at radius 2 is 1.81 bits per heavy atom.